The molecule has 0 amide bonds. The Morgan fingerprint density at radius 1 is 1.33 bits per heavy atom. The van der Waals surface area contributed by atoms with E-state index in [-0.39, 0.29) is 13.2 Å². The highest BCUT2D eigenvalue weighted by Crippen LogP contribution is 2.08. The SMILES string of the molecule is CC(O)C(O)(O)OCC(O)CNCCCCC(N)C(=O)O. The van der Waals surface area contributed by atoms with Crippen LogP contribution < -0.4 is 11.1 Å². The van der Waals surface area contributed by atoms with Crippen LogP contribution >= 0.6 is 0 Å². The summed E-state index contributed by atoms with van der Waals surface area (Å²) < 4.78 is 4.58. The minimum atomic E-state index is -2.69. The Hall–Kier alpha value is -0.810. The van der Waals surface area contributed by atoms with Gasteiger partial charge in [0.2, 0.25) is 0 Å². The second-order valence-electron chi connectivity index (χ2n) is 4.94. The van der Waals surface area contributed by atoms with Gasteiger partial charge in [-0.1, -0.05) is 6.42 Å². The summed E-state index contributed by atoms with van der Waals surface area (Å²) >= 11 is 0. The zero-order valence-electron chi connectivity index (χ0n) is 12.1. The third-order valence-electron chi connectivity index (χ3n) is 2.85. The van der Waals surface area contributed by atoms with E-state index in [4.69, 9.17) is 15.9 Å². The molecule has 0 aromatic carbocycles. The van der Waals surface area contributed by atoms with Gasteiger partial charge in [-0.15, -0.1) is 0 Å². The van der Waals surface area contributed by atoms with Crippen LogP contribution in [-0.2, 0) is 9.53 Å². The second kappa shape index (κ2) is 10.0. The molecule has 0 heterocycles. The highest BCUT2D eigenvalue weighted by molar-refractivity contribution is 5.72. The van der Waals surface area contributed by atoms with E-state index in [1.54, 1.807) is 0 Å². The Balaban J connectivity index is 3.59. The molecule has 0 aromatic heterocycles. The van der Waals surface area contributed by atoms with Crippen LogP contribution in [0.1, 0.15) is 26.2 Å². The van der Waals surface area contributed by atoms with Crippen molar-refractivity contribution in [1.29, 1.82) is 0 Å². The topological polar surface area (TPSA) is 166 Å². The number of carboxylic acid groups (broad SMARTS) is 1. The molecule has 0 fully saturated rings. The van der Waals surface area contributed by atoms with Crippen LogP contribution in [0.25, 0.3) is 0 Å². The van der Waals surface area contributed by atoms with Gasteiger partial charge < -0.3 is 41.3 Å². The number of carbonyl (C=O) groups is 1. The van der Waals surface area contributed by atoms with Gasteiger partial charge in [-0.3, -0.25) is 4.79 Å². The van der Waals surface area contributed by atoms with E-state index in [2.05, 4.69) is 10.1 Å². The molecule has 9 nitrogen and oxygen atoms in total. The number of unbranched alkanes of at least 4 members (excludes halogenated alkanes) is 1. The predicted molar refractivity (Wildman–Crippen MR) is 73.1 cm³/mol. The van der Waals surface area contributed by atoms with Crippen LogP contribution in [0, 0.1) is 0 Å². The summed E-state index contributed by atoms with van der Waals surface area (Å²) in [7, 11) is 0. The molecule has 8 N–H and O–H groups in total. The number of nitrogens with one attached hydrogen (secondary N) is 1. The number of rotatable bonds is 12. The largest absolute Gasteiger partial charge is 0.480 e. The molecule has 0 spiro atoms. The molecule has 0 radical (unpaired) electrons. The summed E-state index contributed by atoms with van der Waals surface area (Å²) in [4.78, 5) is 10.5. The Morgan fingerprint density at radius 2 is 1.95 bits per heavy atom. The first-order chi connectivity index (χ1) is 9.66. The third kappa shape index (κ3) is 9.69. The third-order valence-corrected chi connectivity index (χ3v) is 2.85. The number of nitrogens with two attached hydrogens (primary N) is 1. The molecular weight excluding hydrogens is 284 g/mol. The number of carboxylic acids is 1. The molecule has 126 valence electrons. The number of ether oxygens (including phenoxy) is 1. The first-order valence-corrected chi connectivity index (χ1v) is 6.80. The van der Waals surface area contributed by atoms with Crippen molar-refractivity contribution in [3.8, 4) is 0 Å². The van der Waals surface area contributed by atoms with Crippen molar-refractivity contribution in [2.45, 2.75) is 50.4 Å². The lowest BCUT2D eigenvalue weighted by molar-refractivity contribution is -0.377. The van der Waals surface area contributed by atoms with Crippen molar-refractivity contribution in [3.63, 3.8) is 0 Å². The average Bonchev–Trinajstić information content (AvgIpc) is 2.39. The first kappa shape index (κ1) is 20.2. The van der Waals surface area contributed by atoms with Crippen LogP contribution in [0.4, 0.5) is 0 Å². The van der Waals surface area contributed by atoms with Crippen LogP contribution in [0.5, 0.6) is 0 Å². The maximum absolute atomic E-state index is 10.5. The molecule has 0 saturated heterocycles. The van der Waals surface area contributed by atoms with Crippen molar-refractivity contribution in [2.24, 2.45) is 5.73 Å². The van der Waals surface area contributed by atoms with Gasteiger partial charge in [-0.25, -0.2) is 0 Å². The molecule has 0 saturated carbocycles. The lowest BCUT2D eigenvalue weighted by atomic mass is 10.1. The lowest BCUT2D eigenvalue weighted by Gasteiger charge is -2.25. The molecule has 0 bridgehead atoms. The maximum Gasteiger partial charge on any atom is 0.320 e. The molecule has 0 aliphatic carbocycles. The number of aliphatic hydroxyl groups is 4. The van der Waals surface area contributed by atoms with E-state index < -0.39 is 30.2 Å². The molecule has 3 atom stereocenters. The quantitative estimate of drug-likeness (QED) is 0.153. The fourth-order valence-electron chi connectivity index (χ4n) is 1.40. The van der Waals surface area contributed by atoms with Gasteiger partial charge in [0.1, 0.15) is 12.1 Å². The smallest absolute Gasteiger partial charge is 0.320 e. The monoisotopic (exact) mass is 310 g/mol. The summed E-state index contributed by atoms with van der Waals surface area (Å²) in [6.45, 7) is 1.52. The Morgan fingerprint density at radius 3 is 2.48 bits per heavy atom. The Kier molecular flexibility index (Phi) is 9.62. The number of aliphatic hydroxyl groups excluding tert-OH is 2. The number of aliphatic carboxylic acids is 1. The number of hydrogen-bond acceptors (Lipinski definition) is 8. The van der Waals surface area contributed by atoms with Crippen LogP contribution in [0.3, 0.4) is 0 Å². The highest BCUT2D eigenvalue weighted by Gasteiger charge is 2.31. The molecule has 0 aliphatic rings. The summed E-state index contributed by atoms with van der Waals surface area (Å²) in [5.74, 6) is -3.71. The highest BCUT2D eigenvalue weighted by atomic mass is 16.8. The van der Waals surface area contributed by atoms with Gasteiger partial charge in [0.15, 0.2) is 0 Å². The van der Waals surface area contributed by atoms with Gasteiger partial charge in [0.25, 0.3) is 0 Å². The summed E-state index contributed by atoms with van der Waals surface area (Å²) in [6.07, 6.45) is -0.744. The van der Waals surface area contributed by atoms with E-state index in [0.29, 0.717) is 25.8 Å². The fraction of sp³-hybridized carbons (Fsp3) is 0.917. The zero-order valence-corrected chi connectivity index (χ0v) is 12.1. The van der Waals surface area contributed by atoms with Crippen LogP contribution in [-0.4, -0.2) is 75.4 Å². The molecular formula is C12H26N2O7. The van der Waals surface area contributed by atoms with Gasteiger partial charge >= 0.3 is 11.9 Å². The molecule has 0 aliphatic heterocycles. The average molecular weight is 310 g/mol. The Bertz CT molecular complexity index is 299. The van der Waals surface area contributed by atoms with Crippen LogP contribution in [0.2, 0.25) is 0 Å². The minimum absolute atomic E-state index is 0.168. The number of hydrogen-bond donors (Lipinski definition) is 7. The van der Waals surface area contributed by atoms with Crippen molar-refractivity contribution < 1.29 is 35.1 Å². The zero-order chi connectivity index (χ0) is 16.5. The normalized spacial score (nSPS) is 16.5. The second-order valence-corrected chi connectivity index (χ2v) is 4.94. The first-order valence-electron chi connectivity index (χ1n) is 6.80. The van der Waals surface area contributed by atoms with Gasteiger partial charge in [-0.2, -0.15) is 0 Å². The molecule has 3 unspecified atom stereocenters. The van der Waals surface area contributed by atoms with Crippen molar-refractivity contribution in [3.05, 3.63) is 0 Å². The maximum atomic E-state index is 10.5. The van der Waals surface area contributed by atoms with Gasteiger partial charge in [0, 0.05) is 6.54 Å². The molecule has 0 aromatic rings. The van der Waals surface area contributed by atoms with E-state index in [0.717, 1.165) is 6.92 Å². The molecule has 0 rings (SSSR count). The van der Waals surface area contributed by atoms with Gasteiger partial charge in [-0.05, 0) is 26.3 Å². The summed E-state index contributed by atoms with van der Waals surface area (Å²) in [5, 5.41) is 48.3. The summed E-state index contributed by atoms with van der Waals surface area (Å²) in [6, 6.07) is -0.855. The summed E-state index contributed by atoms with van der Waals surface area (Å²) in [5.41, 5.74) is 5.34. The molecule has 21 heavy (non-hydrogen) atoms. The van der Waals surface area contributed by atoms with Gasteiger partial charge in [0.05, 0.1) is 12.7 Å². The van der Waals surface area contributed by atoms with E-state index >= 15 is 0 Å². The Labute approximate surface area is 123 Å². The van der Waals surface area contributed by atoms with E-state index in [1.807, 2.05) is 0 Å². The van der Waals surface area contributed by atoms with E-state index in [9.17, 15) is 20.1 Å². The minimum Gasteiger partial charge on any atom is -0.480 e. The van der Waals surface area contributed by atoms with Crippen molar-refractivity contribution >= 4 is 5.97 Å². The fourth-order valence-corrected chi connectivity index (χ4v) is 1.40. The van der Waals surface area contributed by atoms with Crippen molar-refractivity contribution in [1.82, 2.24) is 5.32 Å². The van der Waals surface area contributed by atoms with E-state index in [1.165, 1.54) is 0 Å². The lowest BCUT2D eigenvalue weighted by Crippen LogP contribution is -2.45. The predicted octanol–water partition coefficient (Wildman–Crippen LogP) is -2.45. The van der Waals surface area contributed by atoms with Crippen LogP contribution in [0.15, 0.2) is 0 Å². The van der Waals surface area contributed by atoms with Crippen molar-refractivity contribution in [2.75, 3.05) is 19.7 Å². The molecule has 9 heteroatoms. The standard InChI is InChI=1S/C12H26N2O7/c1-8(15)12(19,20)21-7-9(16)6-14-5-3-2-4-10(13)11(17)18/h8-10,14-16,19-20H,2-7,13H2,1H3,(H,17,18).